The summed E-state index contributed by atoms with van der Waals surface area (Å²) in [6.45, 7) is 0. The second-order valence-corrected chi connectivity index (χ2v) is 7.52. The molecular formula is C23H20N4O2S. The van der Waals surface area contributed by atoms with Crippen LogP contribution in [0.2, 0.25) is 0 Å². The number of carbonyl (C=O) groups excluding carboxylic acids is 1. The van der Waals surface area contributed by atoms with Gasteiger partial charge in [-0.1, -0.05) is 66.4 Å². The predicted octanol–water partition coefficient (Wildman–Crippen LogP) is 4.75. The minimum Gasteiger partial charge on any atom is -0.497 e. The standard InChI is InChI=1S/C23H20N4O2S/c1-29-20-14-8-11-18(15-20)25-22(28)21(17-9-4-2-5-10-17)30-23-26-24-16-27(23)19-12-6-3-7-13-19/h2-16,21H,1H3,(H,25,28). The lowest BCUT2D eigenvalue weighted by Gasteiger charge is -2.17. The van der Waals surface area contributed by atoms with E-state index >= 15 is 0 Å². The first-order valence-electron chi connectivity index (χ1n) is 9.36. The molecule has 0 aliphatic heterocycles. The molecule has 0 radical (unpaired) electrons. The number of amides is 1. The third-order valence-electron chi connectivity index (χ3n) is 4.45. The molecule has 0 spiro atoms. The molecule has 3 aromatic carbocycles. The van der Waals surface area contributed by atoms with E-state index in [1.807, 2.05) is 83.4 Å². The fourth-order valence-electron chi connectivity index (χ4n) is 2.99. The van der Waals surface area contributed by atoms with E-state index in [0.717, 1.165) is 11.3 Å². The molecule has 1 N–H and O–H groups in total. The highest BCUT2D eigenvalue weighted by atomic mass is 32.2. The molecule has 1 heterocycles. The van der Waals surface area contributed by atoms with Gasteiger partial charge in [-0.15, -0.1) is 10.2 Å². The van der Waals surface area contributed by atoms with Gasteiger partial charge in [0.05, 0.1) is 7.11 Å². The maximum Gasteiger partial charge on any atom is 0.242 e. The molecule has 4 aromatic rings. The molecular weight excluding hydrogens is 396 g/mol. The van der Waals surface area contributed by atoms with Gasteiger partial charge in [0.1, 0.15) is 17.3 Å². The van der Waals surface area contributed by atoms with Crippen molar-refractivity contribution in [2.75, 3.05) is 12.4 Å². The van der Waals surface area contributed by atoms with Crippen LogP contribution in [0.15, 0.2) is 96.4 Å². The van der Waals surface area contributed by atoms with E-state index in [4.69, 9.17) is 4.74 Å². The number of rotatable bonds is 7. The fourth-order valence-corrected chi connectivity index (χ4v) is 4.02. The smallest absolute Gasteiger partial charge is 0.242 e. The molecule has 0 saturated carbocycles. The Bertz CT molecular complexity index is 1120. The van der Waals surface area contributed by atoms with Crippen LogP contribution in [0.25, 0.3) is 5.69 Å². The van der Waals surface area contributed by atoms with Crippen LogP contribution in [0.5, 0.6) is 5.75 Å². The minimum atomic E-state index is -0.510. The number of para-hydroxylation sites is 1. The average molecular weight is 417 g/mol. The van der Waals surface area contributed by atoms with Crippen LogP contribution in [0.1, 0.15) is 10.8 Å². The lowest BCUT2D eigenvalue weighted by molar-refractivity contribution is -0.115. The summed E-state index contributed by atoms with van der Waals surface area (Å²) in [6, 6.07) is 26.7. The van der Waals surface area contributed by atoms with Crippen LogP contribution in [-0.4, -0.2) is 27.8 Å². The molecule has 1 atom stereocenters. The Kier molecular flexibility index (Phi) is 6.10. The van der Waals surface area contributed by atoms with Gasteiger partial charge in [-0.3, -0.25) is 9.36 Å². The lowest BCUT2D eigenvalue weighted by Crippen LogP contribution is -2.19. The number of anilines is 1. The van der Waals surface area contributed by atoms with Gasteiger partial charge in [-0.25, -0.2) is 0 Å². The SMILES string of the molecule is COc1cccc(NC(=O)C(Sc2nncn2-c2ccccc2)c2ccccc2)c1. The first kappa shape index (κ1) is 19.7. The quantitative estimate of drug-likeness (QED) is 0.441. The summed E-state index contributed by atoms with van der Waals surface area (Å²) < 4.78 is 7.13. The van der Waals surface area contributed by atoms with Crippen molar-refractivity contribution in [1.82, 2.24) is 14.8 Å². The van der Waals surface area contributed by atoms with E-state index in [0.29, 0.717) is 16.6 Å². The normalized spacial score (nSPS) is 11.6. The Morgan fingerprint density at radius 1 is 1.00 bits per heavy atom. The number of methoxy groups -OCH3 is 1. The average Bonchev–Trinajstić information content (AvgIpc) is 3.27. The van der Waals surface area contributed by atoms with Crippen LogP contribution in [0.3, 0.4) is 0 Å². The molecule has 1 unspecified atom stereocenters. The molecule has 0 fully saturated rings. The van der Waals surface area contributed by atoms with Crippen molar-refractivity contribution in [3.63, 3.8) is 0 Å². The summed E-state index contributed by atoms with van der Waals surface area (Å²) in [7, 11) is 1.60. The highest BCUT2D eigenvalue weighted by molar-refractivity contribution is 8.00. The summed E-state index contributed by atoms with van der Waals surface area (Å²) in [6.07, 6.45) is 1.65. The molecule has 4 rings (SSSR count). The molecule has 150 valence electrons. The van der Waals surface area contributed by atoms with Gasteiger partial charge in [-0.2, -0.15) is 0 Å². The number of thioether (sulfide) groups is 1. The van der Waals surface area contributed by atoms with Gasteiger partial charge in [-0.05, 0) is 29.8 Å². The zero-order chi connectivity index (χ0) is 20.8. The van der Waals surface area contributed by atoms with Crippen LogP contribution in [0.4, 0.5) is 5.69 Å². The third kappa shape index (κ3) is 4.52. The van der Waals surface area contributed by atoms with E-state index in [1.165, 1.54) is 11.8 Å². The summed E-state index contributed by atoms with van der Waals surface area (Å²) in [5.74, 6) is 0.530. The Morgan fingerprint density at radius 2 is 1.73 bits per heavy atom. The lowest BCUT2D eigenvalue weighted by atomic mass is 10.1. The number of hydrogen-bond donors (Lipinski definition) is 1. The van der Waals surface area contributed by atoms with Crippen molar-refractivity contribution in [1.29, 1.82) is 0 Å². The van der Waals surface area contributed by atoms with E-state index in [2.05, 4.69) is 15.5 Å². The summed E-state index contributed by atoms with van der Waals surface area (Å²) in [5, 5.41) is 11.4. The number of carbonyl (C=O) groups is 1. The van der Waals surface area contributed by atoms with Gasteiger partial charge in [0.2, 0.25) is 5.91 Å². The maximum absolute atomic E-state index is 13.3. The Morgan fingerprint density at radius 3 is 2.47 bits per heavy atom. The Hall–Kier alpha value is -3.58. The molecule has 30 heavy (non-hydrogen) atoms. The van der Waals surface area contributed by atoms with Crippen LogP contribution >= 0.6 is 11.8 Å². The van der Waals surface area contributed by atoms with Crippen molar-refractivity contribution in [2.45, 2.75) is 10.4 Å². The van der Waals surface area contributed by atoms with Crippen LogP contribution in [-0.2, 0) is 4.79 Å². The second-order valence-electron chi connectivity index (χ2n) is 6.45. The molecule has 0 saturated heterocycles. The van der Waals surface area contributed by atoms with Gasteiger partial charge in [0.15, 0.2) is 5.16 Å². The highest BCUT2D eigenvalue weighted by Crippen LogP contribution is 2.36. The highest BCUT2D eigenvalue weighted by Gasteiger charge is 2.25. The molecule has 0 aliphatic carbocycles. The van der Waals surface area contributed by atoms with E-state index in [9.17, 15) is 4.79 Å². The summed E-state index contributed by atoms with van der Waals surface area (Å²) in [5.41, 5.74) is 2.49. The maximum atomic E-state index is 13.3. The molecule has 7 heteroatoms. The summed E-state index contributed by atoms with van der Waals surface area (Å²) >= 11 is 1.35. The summed E-state index contributed by atoms with van der Waals surface area (Å²) in [4.78, 5) is 13.3. The fraction of sp³-hybridized carbons (Fsp3) is 0.0870. The van der Waals surface area contributed by atoms with E-state index in [1.54, 1.807) is 19.5 Å². The number of benzene rings is 3. The van der Waals surface area contributed by atoms with Gasteiger partial charge >= 0.3 is 0 Å². The molecule has 0 bridgehead atoms. The Balaban J connectivity index is 1.63. The molecule has 6 nitrogen and oxygen atoms in total. The van der Waals surface area contributed by atoms with E-state index in [-0.39, 0.29) is 5.91 Å². The largest absolute Gasteiger partial charge is 0.497 e. The number of aromatic nitrogens is 3. The number of ether oxygens (including phenoxy) is 1. The van der Waals surface area contributed by atoms with Crippen molar-refractivity contribution >= 4 is 23.4 Å². The molecule has 1 aromatic heterocycles. The zero-order valence-corrected chi connectivity index (χ0v) is 17.1. The molecule has 0 aliphatic rings. The van der Waals surface area contributed by atoms with E-state index < -0.39 is 5.25 Å². The van der Waals surface area contributed by atoms with Crippen LogP contribution < -0.4 is 10.1 Å². The number of hydrogen-bond acceptors (Lipinski definition) is 5. The van der Waals surface area contributed by atoms with Crippen molar-refractivity contribution < 1.29 is 9.53 Å². The second kappa shape index (κ2) is 9.28. The topological polar surface area (TPSA) is 69.0 Å². The first-order chi connectivity index (χ1) is 14.7. The third-order valence-corrected chi connectivity index (χ3v) is 5.66. The number of nitrogens with zero attached hydrogens (tertiary/aromatic N) is 3. The van der Waals surface area contributed by atoms with Gasteiger partial charge in [0, 0.05) is 17.4 Å². The van der Waals surface area contributed by atoms with Crippen molar-refractivity contribution in [3.8, 4) is 11.4 Å². The van der Waals surface area contributed by atoms with Crippen molar-refractivity contribution in [3.05, 3.63) is 96.8 Å². The first-order valence-corrected chi connectivity index (χ1v) is 10.2. The number of nitrogens with one attached hydrogen (secondary N) is 1. The predicted molar refractivity (Wildman–Crippen MR) is 118 cm³/mol. The zero-order valence-electron chi connectivity index (χ0n) is 16.3. The molecule has 1 amide bonds. The van der Waals surface area contributed by atoms with Gasteiger partial charge < -0.3 is 10.1 Å². The minimum absolute atomic E-state index is 0.151. The van der Waals surface area contributed by atoms with Crippen molar-refractivity contribution in [2.24, 2.45) is 0 Å². The Labute approximate surface area is 178 Å². The van der Waals surface area contributed by atoms with Gasteiger partial charge in [0.25, 0.3) is 0 Å². The monoisotopic (exact) mass is 416 g/mol. The van der Waals surface area contributed by atoms with Crippen LogP contribution in [0, 0.1) is 0 Å².